The molecule has 3 fully saturated rings. The minimum Gasteiger partial charge on any atom is -0.348 e. The van der Waals surface area contributed by atoms with Crippen LogP contribution in [0.4, 0.5) is 0 Å². The zero-order chi connectivity index (χ0) is 16.8. The van der Waals surface area contributed by atoms with Crippen molar-refractivity contribution in [3.8, 4) is 0 Å². The summed E-state index contributed by atoms with van der Waals surface area (Å²) in [6, 6.07) is 14.7. The fourth-order valence-corrected chi connectivity index (χ4v) is 5.04. The van der Waals surface area contributed by atoms with Crippen molar-refractivity contribution >= 4 is 18.3 Å². The van der Waals surface area contributed by atoms with E-state index in [-0.39, 0.29) is 29.8 Å². The maximum absolute atomic E-state index is 12.6. The number of pyridine rings is 1. The van der Waals surface area contributed by atoms with Crippen molar-refractivity contribution in [1.29, 1.82) is 0 Å². The van der Waals surface area contributed by atoms with Gasteiger partial charge in [-0.2, -0.15) is 0 Å². The van der Waals surface area contributed by atoms with Gasteiger partial charge in [0.15, 0.2) is 0 Å². The molecule has 1 N–H and O–H groups in total. The van der Waals surface area contributed by atoms with E-state index in [4.69, 9.17) is 0 Å². The molecule has 132 valence electrons. The molecule has 3 aliphatic rings. The van der Waals surface area contributed by atoms with Crippen molar-refractivity contribution in [2.24, 2.45) is 11.3 Å². The number of halogens is 1. The van der Waals surface area contributed by atoms with E-state index in [2.05, 4.69) is 54.5 Å². The highest BCUT2D eigenvalue weighted by Crippen LogP contribution is 2.75. The molecular formula is C21H25ClN2O. The molecule has 1 aromatic carbocycles. The van der Waals surface area contributed by atoms with Gasteiger partial charge in [0.25, 0.3) is 5.91 Å². The van der Waals surface area contributed by atoms with Gasteiger partial charge in [-0.15, -0.1) is 12.4 Å². The molecule has 1 amide bonds. The van der Waals surface area contributed by atoms with E-state index in [1.165, 1.54) is 24.8 Å². The standard InChI is InChI=1S/C21H24N2O.ClH/c1-15(2)18(23-19(24)16-7-6-10-22-11-16)21-12-20(13-21,14-21)17-8-4-3-5-9-17;/h3-11,15,18H,12-14H2,1-2H3,(H,23,24);1H. The minimum absolute atomic E-state index is 0. The van der Waals surface area contributed by atoms with E-state index in [0.717, 1.165) is 0 Å². The van der Waals surface area contributed by atoms with Crippen LogP contribution >= 0.6 is 12.4 Å². The molecule has 0 saturated heterocycles. The highest BCUT2D eigenvalue weighted by Gasteiger charge is 2.71. The quantitative estimate of drug-likeness (QED) is 0.863. The van der Waals surface area contributed by atoms with Crippen LogP contribution in [0.3, 0.4) is 0 Å². The van der Waals surface area contributed by atoms with Gasteiger partial charge in [0, 0.05) is 18.4 Å². The average Bonchev–Trinajstić information content (AvgIpc) is 2.53. The van der Waals surface area contributed by atoms with Crippen LogP contribution in [0, 0.1) is 11.3 Å². The van der Waals surface area contributed by atoms with Crippen LogP contribution in [0.15, 0.2) is 54.9 Å². The van der Waals surface area contributed by atoms with E-state index in [1.807, 2.05) is 12.1 Å². The summed E-state index contributed by atoms with van der Waals surface area (Å²) in [7, 11) is 0. The number of carbonyl (C=O) groups excluding carboxylic acids is 1. The highest BCUT2D eigenvalue weighted by molar-refractivity contribution is 5.94. The van der Waals surface area contributed by atoms with Crippen molar-refractivity contribution in [1.82, 2.24) is 10.3 Å². The Hall–Kier alpha value is -1.87. The third-order valence-electron chi connectivity index (χ3n) is 5.99. The second-order valence-corrected chi connectivity index (χ2v) is 7.98. The smallest absolute Gasteiger partial charge is 0.253 e. The predicted octanol–water partition coefficient (Wildman–Crippen LogP) is 4.38. The summed E-state index contributed by atoms with van der Waals surface area (Å²) < 4.78 is 0. The predicted molar refractivity (Wildman–Crippen MR) is 102 cm³/mol. The molecule has 3 saturated carbocycles. The number of aromatic nitrogens is 1. The monoisotopic (exact) mass is 356 g/mol. The Kier molecular flexibility index (Phi) is 4.63. The van der Waals surface area contributed by atoms with Gasteiger partial charge >= 0.3 is 0 Å². The molecule has 2 bridgehead atoms. The van der Waals surface area contributed by atoms with Crippen LogP contribution < -0.4 is 5.32 Å². The molecule has 3 aliphatic carbocycles. The lowest BCUT2D eigenvalue weighted by atomic mass is 9.31. The van der Waals surface area contributed by atoms with Gasteiger partial charge in [-0.1, -0.05) is 44.2 Å². The molecule has 1 aromatic heterocycles. The lowest BCUT2D eigenvalue weighted by Crippen LogP contribution is -2.72. The van der Waals surface area contributed by atoms with Crippen molar-refractivity contribution in [2.75, 3.05) is 0 Å². The highest BCUT2D eigenvalue weighted by atomic mass is 35.5. The molecule has 4 heteroatoms. The summed E-state index contributed by atoms with van der Waals surface area (Å²) in [5.74, 6) is 0.431. The van der Waals surface area contributed by atoms with E-state index in [1.54, 1.807) is 12.4 Å². The normalized spacial score (nSPS) is 27.5. The summed E-state index contributed by atoms with van der Waals surface area (Å²) in [4.78, 5) is 16.6. The summed E-state index contributed by atoms with van der Waals surface area (Å²) >= 11 is 0. The van der Waals surface area contributed by atoms with E-state index in [0.29, 0.717) is 16.9 Å². The second-order valence-electron chi connectivity index (χ2n) is 7.98. The second kappa shape index (κ2) is 6.45. The van der Waals surface area contributed by atoms with E-state index < -0.39 is 0 Å². The summed E-state index contributed by atoms with van der Waals surface area (Å²) in [6.07, 6.45) is 6.92. The van der Waals surface area contributed by atoms with Crippen LogP contribution in [0.2, 0.25) is 0 Å². The summed E-state index contributed by atoms with van der Waals surface area (Å²) in [5, 5.41) is 3.30. The molecule has 2 aromatic rings. The molecule has 1 unspecified atom stereocenters. The molecular weight excluding hydrogens is 332 g/mol. The Morgan fingerprint density at radius 2 is 1.76 bits per heavy atom. The van der Waals surface area contributed by atoms with Gasteiger partial charge in [0.05, 0.1) is 5.56 Å². The Labute approximate surface area is 155 Å². The maximum Gasteiger partial charge on any atom is 0.253 e. The number of hydrogen-bond donors (Lipinski definition) is 1. The molecule has 1 heterocycles. The minimum atomic E-state index is 0. The van der Waals surface area contributed by atoms with Crippen molar-refractivity contribution in [2.45, 2.75) is 44.6 Å². The molecule has 0 radical (unpaired) electrons. The van der Waals surface area contributed by atoms with Gasteiger partial charge in [0.2, 0.25) is 0 Å². The van der Waals surface area contributed by atoms with Crippen LogP contribution in [-0.2, 0) is 5.41 Å². The number of nitrogens with one attached hydrogen (secondary N) is 1. The topological polar surface area (TPSA) is 42.0 Å². The lowest BCUT2D eigenvalue weighted by molar-refractivity contribution is -0.170. The Bertz CT molecular complexity index is 725. The first kappa shape index (κ1) is 17.9. The first-order valence-electron chi connectivity index (χ1n) is 8.81. The third-order valence-corrected chi connectivity index (χ3v) is 5.99. The molecule has 1 atom stereocenters. The van der Waals surface area contributed by atoms with Crippen LogP contribution in [0.1, 0.15) is 49.0 Å². The number of rotatable bonds is 5. The number of benzene rings is 1. The van der Waals surface area contributed by atoms with Gasteiger partial charge in [-0.3, -0.25) is 9.78 Å². The Morgan fingerprint density at radius 1 is 1.08 bits per heavy atom. The van der Waals surface area contributed by atoms with E-state index >= 15 is 0 Å². The zero-order valence-electron chi connectivity index (χ0n) is 14.7. The van der Waals surface area contributed by atoms with Crippen LogP contribution in [0.5, 0.6) is 0 Å². The van der Waals surface area contributed by atoms with Gasteiger partial charge in [-0.05, 0) is 53.7 Å². The molecule has 25 heavy (non-hydrogen) atoms. The van der Waals surface area contributed by atoms with Gasteiger partial charge in [-0.25, -0.2) is 0 Å². The van der Waals surface area contributed by atoms with Gasteiger partial charge < -0.3 is 5.32 Å². The first-order valence-corrected chi connectivity index (χ1v) is 8.81. The number of amides is 1. The molecule has 0 spiro atoms. The average molecular weight is 357 g/mol. The van der Waals surface area contributed by atoms with E-state index in [9.17, 15) is 4.79 Å². The summed E-state index contributed by atoms with van der Waals surface area (Å²) in [5.41, 5.74) is 2.76. The third kappa shape index (κ3) is 2.85. The zero-order valence-corrected chi connectivity index (χ0v) is 15.6. The van der Waals surface area contributed by atoms with Crippen molar-refractivity contribution in [3.05, 3.63) is 66.0 Å². The Balaban J connectivity index is 0.00000182. The van der Waals surface area contributed by atoms with Crippen LogP contribution in [0.25, 0.3) is 0 Å². The molecule has 0 aliphatic heterocycles. The largest absolute Gasteiger partial charge is 0.348 e. The maximum atomic E-state index is 12.6. The lowest BCUT2D eigenvalue weighted by Gasteiger charge is -2.74. The SMILES string of the molecule is CC(C)C(NC(=O)c1cccnc1)C12CC(c3ccccc3)(C1)C2.Cl. The molecule has 5 rings (SSSR count). The Morgan fingerprint density at radius 3 is 2.32 bits per heavy atom. The summed E-state index contributed by atoms with van der Waals surface area (Å²) in [6.45, 7) is 4.42. The fraction of sp³-hybridized carbons (Fsp3) is 0.429. The molecule has 3 nitrogen and oxygen atoms in total. The number of carbonyl (C=O) groups is 1. The van der Waals surface area contributed by atoms with Gasteiger partial charge in [0.1, 0.15) is 0 Å². The van der Waals surface area contributed by atoms with Crippen molar-refractivity contribution < 1.29 is 4.79 Å². The van der Waals surface area contributed by atoms with Crippen LogP contribution in [-0.4, -0.2) is 16.9 Å². The fourth-order valence-electron chi connectivity index (χ4n) is 5.04. The first-order chi connectivity index (χ1) is 11.5. The number of hydrogen-bond acceptors (Lipinski definition) is 2. The van der Waals surface area contributed by atoms with Crippen molar-refractivity contribution in [3.63, 3.8) is 0 Å². The number of nitrogens with zero attached hydrogens (tertiary/aromatic N) is 1.